The Hall–Kier alpha value is -1.73. The van der Waals surface area contributed by atoms with Gasteiger partial charge >= 0.3 is 5.97 Å². The molecule has 0 aliphatic carbocycles. The number of carboxylic acids is 1. The summed E-state index contributed by atoms with van der Waals surface area (Å²) in [5.41, 5.74) is 0.201. The second-order valence-electron chi connectivity index (χ2n) is 4.30. The quantitative estimate of drug-likeness (QED) is 0.893. The average molecular weight is 373 g/mol. The van der Waals surface area contributed by atoms with Crippen molar-refractivity contribution in [2.75, 3.05) is 0 Å². The Labute approximate surface area is 129 Å². The summed E-state index contributed by atoms with van der Waals surface area (Å²) in [5, 5.41) is 8.75. The summed E-state index contributed by atoms with van der Waals surface area (Å²) in [6, 6.07) is 9.47. The standard InChI is InChI=1S/C14H10BrFO4S/c15-11-4-2-1-3-10(11)8-21(19,20)13-6-5-9(14(17)18)7-12(13)16/h1-7H,8H2,(H,17,18). The molecule has 0 fully saturated rings. The molecule has 0 bridgehead atoms. The van der Waals surface area contributed by atoms with Crippen molar-refractivity contribution < 1.29 is 22.7 Å². The number of benzene rings is 2. The van der Waals surface area contributed by atoms with Crippen LogP contribution in [-0.4, -0.2) is 19.5 Å². The molecule has 21 heavy (non-hydrogen) atoms. The molecule has 110 valence electrons. The summed E-state index contributed by atoms with van der Waals surface area (Å²) in [6.07, 6.45) is 0. The number of aromatic carboxylic acids is 1. The highest BCUT2D eigenvalue weighted by atomic mass is 79.9. The van der Waals surface area contributed by atoms with Gasteiger partial charge in [0, 0.05) is 4.47 Å². The fourth-order valence-electron chi connectivity index (χ4n) is 1.78. The normalized spacial score (nSPS) is 11.3. The third kappa shape index (κ3) is 3.48. The maximum absolute atomic E-state index is 13.9. The van der Waals surface area contributed by atoms with Gasteiger partial charge in [0.15, 0.2) is 9.84 Å². The molecule has 2 rings (SSSR count). The third-order valence-corrected chi connectivity index (χ3v) is 5.28. The first-order valence-electron chi connectivity index (χ1n) is 5.80. The van der Waals surface area contributed by atoms with Crippen molar-refractivity contribution in [3.63, 3.8) is 0 Å². The zero-order chi connectivity index (χ0) is 15.6. The van der Waals surface area contributed by atoms with E-state index in [-0.39, 0.29) is 11.3 Å². The van der Waals surface area contributed by atoms with E-state index in [0.717, 1.165) is 12.1 Å². The van der Waals surface area contributed by atoms with Crippen LogP contribution in [0.15, 0.2) is 51.8 Å². The van der Waals surface area contributed by atoms with E-state index < -0.39 is 26.5 Å². The van der Waals surface area contributed by atoms with E-state index >= 15 is 0 Å². The van der Waals surface area contributed by atoms with E-state index in [2.05, 4.69) is 15.9 Å². The SMILES string of the molecule is O=C(O)c1ccc(S(=O)(=O)Cc2ccccc2Br)c(F)c1. The Bertz CT molecular complexity index is 802. The van der Waals surface area contributed by atoms with E-state index in [4.69, 9.17) is 5.11 Å². The molecule has 0 aromatic heterocycles. The predicted octanol–water partition coefficient (Wildman–Crippen LogP) is 3.26. The lowest BCUT2D eigenvalue weighted by Gasteiger charge is -2.08. The van der Waals surface area contributed by atoms with E-state index in [1.54, 1.807) is 24.3 Å². The first kappa shape index (κ1) is 15.7. The molecule has 0 radical (unpaired) electrons. The predicted molar refractivity (Wildman–Crippen MR) is 78.4 cm³/mol. The number of hydrogen-bond acceptors (Lipinski definition) is 3. The van der Waals surface area contributed by atoms with Crippen molar-refractivity contribution in [1.29, 1.82) is 0 Å². The molecule has 0 heterocycles. The molecular formula is C14H10BrFO4S. The first-order chi connectivity index (χ1) is 9.81. The van der Waals surface area contributed by atoms with Gasteiger partial charge in [-0.2, -0.15) is 0 Å². The fraction of sp³-hybridized carbons (Fsp3) is 0.0714. The summed E-state index contributed by atoms with van der Waals surface area (Å²) in [4.78, 5) is 10.2. The second kappa shape index (κ2) is 5.95. The van der Waals surface area contributed by atoms with E-state index in [9.17, 15) is 17.6 Å². The van der Waals surface area contributed by atoms with Gasteiger partial charge < -0.3 is 5.11 Å². The molecule has 0 aliphatic heterocycles. The topological polar surface area (TPSA) is 71.4 Å². The van der Waals surface area contributed by atoms with Crippen LogP contribution in [0.1, 0.15) is 15.9 Å². The van der Waals surface area contributed by atoms with Crippen LogP contribution in [0.2, 0.25) is 0 Å². The molecular weight excluding hydrogens is 363 g/mol. The van der Waals surface area contributed by atoms with Crippen molar-refractivity contribution in [2.45, 2.75) is 10.6 Å². The lowest BCUT2D eigenvalue weighted by Crippen LogP contribution is -2.09. The zero-order valence-electron chi connectivity index (χ0n) is 10.6. The van der Waals surface area contributed by atoms with Crippen molar-refractivity contribution >= 4 is 31.7 Å². The Balaban J connectivity index is 2.41. The average Bonchev–Trinajstić information content (AvgIpc) is 2.40. The lowest BCUT2D eigenvalue weighted by atomic mass is 10.2. The third-order valence-electron chi connectivity index (χ3n) is 2.82. The van der Waals surface area contributed by atoms with E-state index in [1.807, 2.05) is 0 Å². The minimum atomic E-state index is -3.91. The van der Waals surface area contributed by atoms with Crippen molar-refractivity contribution in [3.05, 3.63) is 63.9 Å². The number of carboxylic acid groups (broad SMARTS) is 1. The van der Waals surface area contributed by atoms with Gasteiger partial charge in [-0.3, -0.25) is 0 Å². The highest BCUT2D eigenvalue weighted by Gasteiger charge is 2.22. The van der Waals surface area contributed by atoms with Gasteiger partial charge in [-0.05, 0) is 29.8 Å². The van der Waals surface area contributed by atoms with Gasteiger partial charge in [-0.25, -0.2) is 17.6 Å². The van der Waals surface area contributed by atoms with Gasteiger partial charge in [0.2, 0.25) is 0 Å². The minimum Gasteiger partial charge on any atom is -0.478 e. The van der Waals surface area contributed by atoms with Crippen LogP contribution in [0, 0.1) is 5.82 Å². The smallest absolute Gasteiger partial charge is 0.335 e. The second-order valence-corrected chi connectivity index (χ2v) is 7.11. The molecule has 0 spiro atoms. The summed E-state index contributed by atoms with van der Waals surface area (Å²) in [7, 11) is -3.91. The molecule has 2 aromatic rings. The molecule has 2 aromatic carbocycles. The van der Waals surface area contributed by atoms with E-state index in [0.29, 0.717) is 16.1 Å². The monoisotopic (exact) mass is 372 g/mol. The van der Waals surface area contributed by atoms with Crippen LogP contribution in [0.4, 0.5) is 4.39 Å². The molecule has 0 aliphatic rings. The van der Waals surface area contributed by atoms with Gasteiger partial charge in [0.1, 0.15) is 10.7 Å². The summed E-state index contributed by atoms with van der Waals surface area (Å²) in [6.45, 7) is 0. The maximum Gasteiger partial charge on any atom is 0.335 e. The zero-order valence-corrected chi connectivity index (χ0v) is 13.0. The number of halogens is 2. The first-order valence-corrected chi connectivity index (χ1v) is 8.25. The Kier molecular flexibility index (Phi) is 4.43. The van der Waals surface area contributed by atoms with Gasteiger partial charge in [0.05, 0.1) is 11.3 Å². The number of rotatable bonds is 4. The number of sulfone groups is 1. The molecule has 7 heteroatoms. The van der Waals surface area contributed by atoms with Crippen LogP contribution >= 0.6 is 15.9 Å². The van der Waals surface area contributed by atoms with Gasteiger partial charge in [0.25, 0.3) is 0 Å². The molecule has 1 N–H and O–H groups in total. The van der Waals surface area contributed by atoms with Gasteiger partial charge in [-0.1, -0.05) is 34.1 Å². The Morgan fingerprint density at radius 3 is 2.43 bits per heavy atom. The number of hydrogen-bond donors (Lipinski definition) is 1. The summed E-state index contributed by atoms with van der Waals surface area (Å²) >= 11 is 3.23. The highest BCUT2D eigenvalue weighted by Crippen LogP contribution is 2.24. The van der Waals surface area contributed by atoms with Crippen LogP contribution in [0.25, 0.3) is 0 Å². The molecule has 0 saturated carbocycles. The van der Waals surface area contributed by atoms with E-state index in [1.165, 1.54) is 0 Å². The molecule has 0 unspecified atom stereocenters. The number of carbonyl (C=O) groups is 1. The van der Waals surface area contributed by atoms with Crippen molar-refractivity contribution in [2.24, 2.45) is 0 Å². The van der Waals surface area contributed by atoms with Crippen molar-refractivity contribution in [1.82, 2.24) is 0 Å². The Morgan fingerprint density at radius 1 is 1.19 bits per heavy atom. The molecule has 0 atom stereocenters. The Morgan fingerprint density at radius 2 is 1.86 bits per heavy atom. The van der Waals surface area contributed by atoms with Crippen LogP contribution in [0.5, 0.6) is 0 Å². The largest absolute Gasteiger partial charge is 0.478 e. The maximum atomic E-state index is 13.9. The van der Waals surface area contributed by atoms with Crippen molar-refractivity contribution in [3.8, 4) is 0 Å². The summed E-state index contributed by atoms with van der Waals surface area (Å²) in [5.74, 6) is -2.76. The fourth-order valence-corrected chi connectivity index (χ4v) is 3.84. The van der Waals surface area contributed by atoms with Crippen LogP contribution in [0.3, 0.4) is 0 Å². The minimum absolute atomic E-state index is 0.299. The highest BCUT2D eigenvalue weighted by molar-refractivity contribution is 9.10. The molecule has 0 saturated heterocycles. The van der Waals surface area contributed by atoms with Crippen LogP contribution in [-0.2, 0) is 15.6 Å². The van der Waals surface area contributed by atoms with Crippen LogP contribution < -0.4 is 0 Å². The lowest BCUT2D eigenvalue weighted by molar-refractivity contribution is 0.0696. The molecule has 4 nitrogen and oxygen atoms in total. The van der Waals surface area contributed by atoms with Gasteiger partial charge in [-0.15, -0.1) is 0 Å². The molecule has 0 amide bonds. The summed E-state index contributed by atoms with van der Waals surface area (Å²) < 4.78 is 39.0.